The Morgan fingerprint density at radius 1 is 1.44 bits per heavy atom. The van der Waals surface area contributed by atoms with E-state index in [1.54, 1.807) is 0 Å². The monoisotopic (exact) mass is 146 g/mol. The highest BCUT2D eigenvalue weighted by Gasteiger charge is 2.24. The summed E-state index contributed by atoms with van der Waals surface area (Å²) < 4.78 is 0. The lowest BCUT2D eigenvalue weighted by atomic mass is 9.81. The van der Waals surface area contributed by atoms with Gasteiger partial charge in [-0.25, -0.2) is 0 Å². The van der Waals surface area contributed by atoms with Crippen LogP contribution in [0.5, 0.6) is 0 Å². The van der Waals surface area contributed by atoms with Crippen LogP contribution >= 0.6 is 11.6 Å². The number of allylic oxidation sites excluding steroid dienone is 1. The van der Waals surface area contributed by atoms with Gasteiger partial charge in [-0.05, 0) is 5.92 Å². The van der Waals surface area contributed by atoms with E-state index in [4.69, 9.17) is 11.6 Å². The van der Waals surface area contributed by atoms with Crippen molar-refractivity contribution in [2.24, 2.45) is 11.3 Å². The van der Waals surface area contributed by atoms with Gasteiger partial charge in [0.15, 0.2) is 0 Å². The number of hydrogen-bond donors (Lipinski definition) is 0. The van der Waals surface area contributed by atoms with Crippen LogP contribution in [-0.2, 0) is 0 Å². The van der Waals surface area contributed by atoms with Gasteiger partial charge in [-0.3, -0.25) is 0 Å². The minimum absolute atomic E-state index is 0.0710. The van der Waals surface area contributed by atoms with E-state index in [0.717, 1.165) is 5.03 Å². The molecule has 0 fully saturated rings. The summed E-state index contributed by atoms with van der Waals surface area (Å²) in [6.45, 7) is 12.2. The molecule has 0 nitrogen and oxygen atoms in total. The summed E-state index contributed by atoms with van der Waals surface area (Å²) in [7, 11) is 0. The zero-order valence-electron chi connectivity index (χ0n) is 6.66. The Labute approximate surface area is 62.9 Å². The van der Waals surface area contributed by atoms with Gasteiger partial charge in [0.2, 0.25) is 0 Å². The second-order valence-corrected chi connectivity index (χ2v) is 3.74. The quantitative estimate of drug-likeness (QED) is 0.560. The van der Waals surface area contributed by atoms with Crippen molar-refractivity contribution in [2.45, 2.75) is 27.7 Å². The molecule has 0 N–H and O–H groups in total. The van der Waals surface area contributed by atoms with Gasteiger partial charge in [-0.2, -0.15) is 0 Å². The zero-order valence-corrected chi connectivity index (χ0v) is 7.42. The molecule has 0 aromatic rings. The SMILES string of the molecule is C=C(Cl)C(C)(C)C(C)C. The molecule has 1 heteroatoms. The lowest BCUT2D eigenvalue weighted by molar-refractivity contribution is 0.326. The third kappa shape index (κ3) is 2.02. The Hall–Kier alpha value is 0.0300. The average Bonchev–Trinajstić information content (AvgIpc) is 1.65. The Balaban J connectivity index is 4.19. The van der Waals surface area contributed by atoms with E-state index in [0.29, 0.717) is 5.92 Å². The highest BCUT2D eigenvalue weighted by atomic mass is 35.5. The first kappa shape index (κ1) is 9.03. The molecule has 0 aliphatic carbocycles. The van der Waals surface area contributed by atoms with Gasteiger partial charge in [-0.15, -0.1) is 0 Å². The lowest BCUT2D eigenvalue weighted by Crippen LogP contribution is -2.18. The van der Waals surface area contributed by atoms with Crippen LogP contribution in [0.2, 0.25) is 0 Å². The van der Waals surface area contributed by atoms with Gasteiger partial charge in [0.05, 0.1) is 0 Å². The molecule has 0 atom stereocenters. The Kier molecular flexibility index (Phi) is 2.75. The molecular weight excluding hydrogens is 132 g/mol. The van der Waals surface area contributed by atoms with Crippen molar-refractivity contribution in [1.82, 2.24) is 0 Å². The normalized spacial score (nSPS) is 12.2. The van der Waals surface area contributed by atoms with E-state index in [1.807, 2.05) is 0 Å². The van der Waals surface area contributed by atoms with Crippen LogP contribution in [0.15, 0.2) is 11.6 Å². The second-order valence-electron chi connectivity index (χ2n) is 3.28. The van der Waals surface area contributed by atoms with E-state index >= 15 is 0 Å². The standard InChI is InChI=1S/C8H15Cl/c1-6(2)8(4,5)7(3)9/h6H,3H2,1-2,4-5H3. The fraction of sp³-hybridized carbons (Fsp3) is 0.750. The highest BCUT2D eigenvalue weighted by Crippen LogP contribution is 2.35. The van der Waals surface area contributed by atoms with Crippen LogP contribution < -0.4 is 0 Å². The molecule has 0 saturated heterocycles. The lowest BCUT2D eigenvalue weighted by Gasteiger charge is -2.27. The molecule has 0 heterocycles. The van der Waals surface area contributed by atoms with Crippen molar-refractivity contribution in [3.8, 4) is 0 Å². The van der Waals surface area contributed by atoms with E-state index < -0.39 is 0 Å². The van der Waals surface area contributed by atoms with E-state index in [1.165, 1.54) is 0 Å². The number of rotatable bonds is 2. The second kappa shape index (κ2) is 2.74. The molecule has 54 valence electrons. The van der Waals surface area contributed by atoms with Gasteiger partial charge < -0.3 is 0 Å². The molecule has 0 radical (unpaired) electrons. The molecular formula is C8H15Cl. The van der Waals surface area contributed by atoms with Crippen molar-refractivity contribution in [2.75, 3.05) is 0 Å². The summed E-state index contributed by atoms with van der Waals surface area (Å²) >= 11 is 5.77. The maximum Gasteiger partial charge on any atom is 0.0168 e. The Morgan fingerprint density at radius 2 is 1.78 bits per heavy atom. The summed E-state index contributed by atoms with van der Waals surface area (Å²) in [5.74, 6) is 0.558. The molecule has 0 aliphatic heterocycles. The first-order valence-corrected chi connectivity index (χ1v) is 3.61. The maximum absolute atomic E-state index is 5.77. The van der Waals surface area contributed by atoms with Crippen molar-refractivity contribution >= 4 is 11.6 Å². The van der Waals surface area contributed by atoms with Crippen molar-refractivity contribution < 1.29 is 0 Å². The van der Waals surface area contributed by atoms with Crippen LogP contribution in [0.1, 0.15) is 27.7 Å². The summed E-state index contributed by atoms with van der Waals surface area (Å²) in [4.78, 5) is 0. The van der Waals surface area contributed by atoms with Crippen LogP contribution in [0.3, 0.4) is 0 Å². The molecule has 9 heavy (non-hydrogen) atoms. The third-order valence-electron chi connectivity index (χ3n) is 2.14. The van der Waals surface area contributed by atoms with Gasteiger partial charge in [-0.1, -0.05) is 45.9 Å². The topological polar surface area (TPSA) is 0 Å². The number of halogens is 1. The minimum Gasteiger partial charge on any atom is -0.0892 e. The molecule has 0 aliphatic rings. The van der Waals surface area contributed by atoms with Crippen molar-refractivity contribution in [3.05, 3.63) is 11.6 Å². The zero-order chi connectivity index (χ0) is 7.65. The molecule has 0 aromatic carbocycles. The summed E-state index contributed by atoms with van der Waals surface area (Å²) in [6, 6.07) is 0. The van der Waals surface area contributed by atoms with Crippen molar-refractivity contribution in [1.29, 1.82) is 0 Å². The van der Waals surface area contributed by atoms with Crippen LogP contribution in [0, 0.1) is 11.3 Å². The molecule has 0 unspecified atom stereocenters. The van der Waals surface area contributed by atoms with E-state index in [9.17, 15) is 0 Å². The predicted molar refractivity (Wildman–Crippen MR) is 43.6 cm³/mol. The molecule has 0 rings (SSSR count). The summed E-state index contributed by atoms with van der Waals surface area (Å²) in [6.07, 6.45) is 0. The Bertz CT molecular complexity index is 112. The maximum atomic E-state index is 5.77. The van der Waals surface area contributed by atoms with E-state index in [-0.39, 0.29) is 5.41 Å². The summed E-state index contributed by atoms with van der Waals surface area (Å²) in [5.41, 5.74) is 0.0710. The third-order valence-corrected chi connectivity index (χ3v) is 2.63. The first-order chi connectivity index (χ1) is 3.89. The molecule has 0 spiro atoms. The fourth-order valence-corrected chi connectivity index (χ4v) is 0.531. The largest absolute Gasteiger partial charge is 0.0892 e. The van der Waals surface area contributed by atoms with Crippen LogP contribution in [0.25, 0.3) is 0 Å². The Morgan fingerprint density at radius 3 is 1.78 bits per heavy atom. The van der Waals surface area contributed by atoms with Gasteiger partial charge in [0.25, 0.3) is 0 Å². The average molecular weight is 147 g/mol. The predicted octanol–water partition coefficient (Wildman–Crippen LogP) is 3.42. The van der Waals surface area contributed by atoms with Gasteiger partial charge in [0.1, 0.15) is 0 Å². The molecule has 0 bridgehead atoms. The molecule has 0 saturated carbocycles. The fourth-order valence-electron chi connectivity index (χ4n) is 0.313. The van der Waals surface area contributed by atoms with Crippen LogP contribution in [-0.4, -0.2) is 0 Å². The smallest absolute Gasteiger partial charge is 0.0168 e. The van der Waals surface area contributed by atoms with Crippen molar-refractivity contribution in [3.63, 3.8) is 0 Å². The summed E-state index contributed by atoms with van der Waals surface area (Å²) in [5, 5.41) is 0.748. The highest BCUT2D eigenvalue weighted by molar-refractivity contribution is 6.29. The number of hydrogen-bond acceptors (Lipinski definition) is 0. The molecule has 0 aromatic heterocycles. The van der Waals surface area contributed by atoms with Gasteiger partial charge >= 0.3 is 0 Å². The molecule has 0 amide bonds. The minimum atomic E-state index is 0.0710. The van der Waals surface area contributed by atoms with Crippen LogP contribution in [0.4, 0.5) is 0 Å². The van der Waals surface area contributed by atoms with Gasteiger partial charge in [0, 0.05) is 10.4 Å². The first-order valence-electron chi connectivity index (χ1n) is 3.24. The van der Waals surface area contributed by atoms with E-state index in [2.05, 4.69) is 34.3 Å².